The van der Waals surface area contributed by atoms with Gasteiger partial charge in [-0.3, -0.25) is 0 Å². The number of nitrogens with one attached hydrogen (secondary N) is 1. The van der Waals surface area contributed by atoms with Crippen LogP contribution in [0.1, 0.15) is 37.7 Å². The maximum atomic E-state index is 13.8. The fourth-order valence-corrected chi connectivity index (χ4v) is 2.55. The first-order valence-corrected chi connectivity index (χ1v) is 7.75. The van der Waals surface area contributed by atoms with Crippen LogP contribution in [0.4, 0.5) is 4.39 Å². The second-order valence-corrected chi connectivity index (χ2v) is 5.83. The van der Waals surface area contributed by atoms with Crippen LogP contribution in [0.5, 0.6) is 0 Å². The average Bonchev–Trinajstić information content (AvgIpc) is 3.27. The highest BCUT2D eigenvalue weighted by Crippen LogP contribution is 2.22. The van der Waals surface area contributed by atoms with E-state index < -0.39 is 0 Å². The minimum atomic E-state index is -0.0687. The highest BCUT2D eigenvalue weighted by molar-refractivity contribution is 5.17. The molecule has 1 fully saturated rings. The van der Waals surface area contributed by atoms with E-state index >= 15 is 0 Å². The van der Waals surface area contributed by atoms with Crippen LogP contribution in [-0.2, 0) is 11.2 Å². The summed E-state index contributed by atoms with van der Waals surface area (Å²) in [7, 11) is 1.74. The summed E-state index contributed by atoms with van der Waals surface area (Å²) in [6.45, 7) is 1.83. The number of ether oxygens (including phenoxy) is 1. The maximum Gasteiger partial charge on any atom is 0.126 e. The zero-order chi connectivity index (χ0) is 14.2. The standard InChI is InChI=1S/C17H26FNO/c1-20-11-5-4-6-14(13-19-16-9-10-16)12-15-7-2-3-8-17(15)18/h2-3,7-8,14,16,19H,4-6,9-13H2,1H3. The molecule has 0 radical (unpaired) electrons. The fourth-order valence-electron chi connectivity index (χ4n) is 2.55. The highest BCUT2D eigenvalue weighted by atomic mass is 19.1. The first kappa shape index (κ1) is 15.5. The molecule has 1 aliphatic rings. The molecular weight excluding hydrogens is 253 g/mol. The molecule has 1 aromatic rings. The van der Waals surface area contributed by atoms with Gasteiger partial charge in [-0.1, -0.05) is 24.6 Å². The molecule has 0 amide bonds. The van der Waals surface area contributed by atoms with E-state index in [0.29, 0.717) is 5.92 Å². The molecule has 112 valence electrons. The molecule has 1 unspecified atom stereocenters. The number of methoxy groups -OCH3 is 1. The van der Waals surface area contributed by atoms with Gasteiger partial charge in [0.2, 0.25) is 0 Å². The lowest BCUT2D eigenvalue weighted by atomic mass is 9.93. The van der Waals surface area contributed by atoms with Crippen molar-refractivity contribution in [1.82, 2.24) is 5.32 Å². The van der Waals surface area contributed by atoms with Crippen molar-refractivity contribution in [2.45, 2.75) is 44.6 Å². The third-order valence-corrected chi connectivity index (χ3v) is 3.95. The number of unbranched alkanes of at least 4 members (excludes halogenated alkanes) is 1. The third-order valence-electron chi connectivity index (χ3n) is 3.95. The molecule has 1 saturated carbocycles. The Balaban J connectivity index is 1.81. The van der Waals surface area contributed by atoms with Crippen molar-refractivity contribution in [1.29, 1.82) is 0 Å². The van der Waals surface area contributed by atoms with E-state index in [0.717, 1.165) is 50.4 Å². The predicted molar refractivity (Wildman–Crippen MR) is 80.3 cm³/mol. The van der Waals surface area contributed by atoms with Crippen LogP contribution >= 0.6 is 0 Å². The van der Waals surface area contributed by atoms with Crippen molar-refractivity contribution in [3.8, 4) is 0 Å². The Kier molecular flexibility index (Phi) is 6.48. The van der Waals surface area contributed by atoms with Crippen LogP contribution in [0.15, 0.2) is 24.3 Å². The maximum absolute atomic E-state index is 13.8. The normalized spacial score (nSPS) is 16.3. The molecular formula is C17H26FNO. The monoisotopic (exact) mass is 279 g/mol. The third kappa shape index (κ3) is 5.59. The molecule has 1 aliphatic carbocycles. The first-order chi connectivity index (χ1) is 9.79. The van der Waals surface area contributed by atoms with Gasteiger partial charge in [0, 0.05) is 19.8 Å². The van der Waals surface area contributed by atoms with Gasteiger partial charge < -0.3 is 10.1 Å². The number of hydrogen-bond acceptors (Lipinski definition) is 2. The van der Waals surface area contributed by atoms with Gasteiger partial charge in [-0.05, 0) is 56.2 Å². The van der Waals surface area contributed by atoms with Gasteiger partial charge in [-0.25, -0.2) is 4.39 Å². The summed E-state index contributed by atoms with van der Waals surface area (Å²) in [5, 5.41) is 3.58. The van der Waals surface area contributed by atoms with Crippen molar-refractivity contribution < 1.29 is 9.13 Å². The summed E-state index contributed by atoms with van der Waals surface area (Å²) >= 11 is 0. The van der Waals surface area contributed by atoms with Gasteiger partial charge in [0.15, 0.2) is 0 Å². The number of halogens is 1. The van der Waals surface area contributed by atoms with E-state index in [1.165, 1.54) is 12.8 Å². The van der Waals surface area contributed by atoms with Crippen molar-refractivity contribution in [2.75, 3.05) is 20.3 Å². The Bertz CT molecular complexity index is 392. The summed E-state index contributed by atoms with van der Waals surface area (Å²) in [6, 6.07) is 7.88. The summed E-state index contributed by atoms with van der Waals surface area (Å²) in [4.78, 5) is 0. The largest absolute Gasteiger partial charge is 0.385 e. The smallest absolute Gasteiger partial charge is 0.126 e. The SMILES string of the molecule is COCCCCC(CNC1CC1)Cc1ccccc1F. The van der Waals surface area contributed by atoms with Crippen LogP contribution in [0.25, 0.3) is 0 Å². The van der Waals surface area contributed by atoms with Crippen LogP contribution in [0, 0.1) is 11.7 Å². The minimum absolute atomic E-state index is 0.0687. The summed E-state index contributed by atoms with van der Waals surface area (Å²) in [5.74, 6) is 0.449. The van der Waals surface area contributed by atoms with E-state index in [9.17, 15) is 4.39 Å². The van der Waals surface area contributed by atoms with Crippen LogP contribution < -0.4 is 5.32 Å². The van der Waals surface area contributed by atoms with Crippen LogP contribution in [-0.4, -0.2) is 26.3 Å². The molecule has 0 aromatic heterocycles. The molecule has 3 heteroatoms. The molecule has 0 bridgehead atoms. The van der Waals surface area contributed by atoms with Gasteiger partial charge in [0.1, 0.15) is 5.82 Å². The average molecular weight is 279 g/mol. The molecule has 0 spiro atoms. The van der Waals surface area contributed by atoms with Crippen molar-refractivity contribution in [2.24, 2.45) is 5.92 Å². The van der Waals surface area contributed by atoms with Crippen molar-refractivity contribution >= 4 is 0 Å². The van der Waals surface area contributed by atoms with Gasteiger partial charge in [-0.15, -0.1) is 0 Å². The molecule has 1 N–H and O–H groups in total. The van der Waals surface area contributed by atoms with Gasteiger partial charge in [0.25, 0.3) is 0 Å². The Morgan fingerprint density at radius 1 is 1.30 bits per heavy atom. The minimum Gasteiger partial charge on any atom is -0.385 e. The Morgan fingerprint density at radius 2 is 2.10 bits per heavy atom. The van der Waals surface area contributed by atoms with E-state index in [1.807, 2.05) is 12.1 Å². The second-order valence-electron chi connectivity index (χ2n) is 5.83. The lowest BCUT2D eigenvalue weighted by Gasteiger charge is -2.18. The van der Waals surface area contributed by atoms with Crippen LogP contribution in [0.2, 0.25) is 0 Å². The zero-order valence-electron chi connectivity index (χ0n) is 12.4. The zero-order valence-corrected chi connectivity index (χ0v) is 12.4. The molecule has 0 heterocycles. The quantitative estimate of drug-likeness (QED) is 0.661. The number of rotatable bonds is 10. The van der Waals surface area contributed by atoms with Gasteiger partial charge >= 0.3 is 0 Å². The van der Waals surface area contributed by atoms with Crippen LogP contribution in [0.3, 0.4) is 0 Å². The van der Waals surface area contributed by atoms with E-state index in [4.69, 9.17) is 4.74 Å². The molecule has 2 nitrogen and oxygen atoms in total. The lowest BCUT2D eigenvalue weighted by Crippen LogP contribution is -2.26. The fraction of sp³-hybridized carbons (Fsp3) is 0.647. The van der Waals surface area contributed by atoms with Gasteiger partial charge in [0.05, 0.1) is 0 Å². The van der Waals surface area contributed by atoms with Crippen molar-refractivity contribution in [3.05, 3.63) is 35.6 Å². The highest BCUT2D eigenvalue weighted by Gasteiger charge is 2.22. The molecule has 0 saturated heterocycles. The topological polar surface area (TPSA) is 21.3 Å². The summed E-state index contributed by atoms with van der Waals surface area (Å²) in [5.41, 5.74) is 0.849. The predicted octanol–water partition coefficient (Wildman–Crippen LogP) is 3.55. The molecule has 20 heavy (non-hydrogen) atoms. The summed E-state index contributed by atoms with van der Waals surface area (Å²) in [6.07, 6.45) is 6.82. The second kappa shape index (κ2) is 8.38. The Hall–Kier alpha value is -0.930. The molecule has 0 aliphatic heterocycles. The Labute approximate surface area is 121 Å². The molecule has 2 rings (SSSR count). The van der Waals surface area contributed by atoms with E-state index in [1.54, 1.807) is 19.2 Å². The van der Waals surface area contributed by atoms with Crippen molar-refractivity contribution in [3.63, 3.8) is 0 Å². The number of benzene rings is 1. The Morgan fingerprint density at radius 3 is 2.80 bits per heavy atom. The van der Waals surface area contributed by atoms with Gasteiger partial charge in [-0.2, -0.15) is 0 Å². The number of hydrogen-bond donors (Lipinski definition) is 1. The first-order valence-electron chi connectivity index (χ1n) is 7.75. The van der Waals surface area contributed by atoms with E-state index in [2.05, 4.69) is 5.32 Å². The summed E-state index contributed by atoms with van der Waals surface area (Å²) < 4.78 is 18.9. The molecule has 1 aromatic carbocycles. The lowest BCUT2D eigenvalue weighted by molar-refractivity contribution is 0.190. The molecule has 1 atom stereocenters. The van der Waals surface area contributed by atoms with E-state index in [-0.39, 0.29) is 5.82 Å².